The fourth-order valence-electron chi connectivity index (χ4n) is 3.52. The summed E-state index contributed by atoms with van der Waals surface area (Å²) in [7, 11) is 0. The van der Waals surface area contributed by atoms with E-state index in [-0.39, 0.29) is 12.2 Å². The lowest BCUT2D eigenvalue weighted by Crippen LogP contribution is -2.29. The van der Waals surface area contributed by atoms with E-state index in [9.17, 15) is 23.2 Å². The van der Waals surface area contributed by atoms with Gasteiger partial charge in [0.25, 0.3) is 5.56 Å². The van der Waals surface area contributed by atoms with Crippen molar-refractivity contribution in [3.63, 3.8) is 0 Å². The zero-order chi connectivity index (χ0) is 22.1. The van der Waals surface area contributed by atoms with Crippen molar-refractivity contribution in [2.45, 2.75) is 39.9 Å². The zero-order valence-electron chi connectivity index (χ0n) is 17.0. The summed E-state index contributed by atoms with van der Waals surface area (Å²) in [6.45, 7) is 5.85. The van der Waals surface area contributed by atoms with Crippen molar-refractivity contribution in [3.05, 3.63) is 92.3 Å². The number of aryl methyl sites for hydroxylation is 3. The minimum absolute atomic E-state index is 0.0729. The molecule has 0 atom stereocenters. The lowest BCUT2D eigenvalue weighted by atomic mass is 10.0. The summed E-state index contributed by atoms with van der Waals surface area (Å²) in [6, 6.07) is 15.2. The molecule has 0 spiro atoms. The van der Waals surface area contributed by atoms with Crippen molar-refractivity contribution < 1.29 is 13.2 Å². The summed E-state index contributed by atoms with van der Waals surface area (Å²) in [5, 5.41) is 9.32. The minimum Gasteiger partial charge on any atom is -0.303 e. The molecule has 30 heavy (non-hydrogen) atoms. The summed E-state index contributed by atoms with van der Waals surface area (Å²) in [5.74, 6) is 0. The molecule has 3 nitrogen and oxygen atoms in total. The van der Waals surface area contributed by atoms with Crippen molar-refractivity contribution in [2.24, 2.45) is 0 Å². The van der Waals surface area contributed by atoms with Crippen molar-refractivity contribution in [1.29, 1.82) is 5.26 Å². The van der Waals surface area contributed by atoms with Crippen molar-refractivity contribution in [3.8, 4) is 17.3 Å². The Morgan fingerprint density at radius 1 is 1.07 bits per heavy atom. The molecule has 1 heterocycles. The molecule has 0 unspecified atom stereocenters. The van der Waals surface area contributed by atoms with Gasteiger partial charge >= 0.3 is 6.18 Å². The number of nitriles is 1. The first kappa shape index (κ1) is 21.4. The van der Waals surface area contributed by atoms with E-state index in [0.29, 0.717) is 12.0 Å². The Balaban J connectivity index is 2.33. The highest BCUT2D eigenvalue weighted by molar-refractivity contribution is 5.63. The number of benzene rings is 2. The molecular formula is C24H21F3N2O. The molecule has 154 valence electrons. The Hall–Kier alpha value is -3.33. The van der Waals surface area contributed by atoms with E-state index in [4.69, 9.17) is 0 Å². The first-order valence-electron chi connectivity index (χ1n) is 9.56. The SMILES string of the molecule is CCc1cccc(-c2cc(C(F)(F)F)c(C#N)c(=O)n2Cc2ccc(C)cc2C)c1. The maximum Gasteiger partial charge on any atom is 0.417 e. The number of alkyl halides is 3. The second-order valence-electron chi connectivity index (χ2n) is 7.30. The molecule has 0 saturated heterocycles. The van der Waals surface area contributed by atoms with Crippen LogP contribution in [0.15, 0.2) is 53.3 Å². The van der Waals surface area contributed by atoms with Crippen molar-refractivity contribution in [2.75, 3.05) is 0 Å². The van der Waals surface area contributed by atoms with Gasteiger partial charge < -0.3 is 4.57 Å². The highest BCUT2D eigenvalue weighted by Gasteiger charge is 2.36. The van der Waals surface area contributed by atoms with Crippen LogP contribution >= 0.6 is 0 Å². The van der Waals surface area contributed by atoms with Crippen molar-refractivity contribution in [1.82, 2.24) is 4.57 Å². The van der Waals surface area contributed by atoms with Gasteiger partial charge in [0.05, 0.1) is 17.8 Å². The summed E-state index contributed by atoms with van der Waals surface area (Å²) in [5.41, 5.74) is 1.33. The lowest BCUT2D eigenvalue weighted by molar-refractivity contribution is -0.137. The van der Waals surface area contributed by atoms with E-state index >= 15 is 0 Å². The van der Waals surface area contributed by atoms with E-state index in [1.165, 1.54) is 10.6 Å². The van der Waals surface area contributed by atoms with Gasteiger partial charge in [-0.25, -0.2) is 0 Å². The second kappa shape index (κ2) is 8.19. The van der Waals surface area contributed by atoms with Gasteiger partial charge in [-0.15, -0.1) is 0 Å². The molecule has 0 aliphatic carbocycles. The minimum atomic E-state index is -4.81. The standard InChI is InChI=1S/C24H21F3N2O/c1-4-17-6-5-7-18(11-17)22-12-21(24(25,26)27)20(13-28)23(30)29(22)14-19-9-8-15(2)10-16(19)3/h5-12H,4,14H2,1-3H3. The average Bonchev–Trinajstić information content (AvgIpc) is 2.70. The predicted molar refractivity (Wildman–Crippen MR) is 110 cm³/mol. The van der Waals surface area contributed by atoms with Crippen LogP contribution in [0.1, 0.15) is 40.3 Å². The largest absolute Gasteiger partial charge is 0.417 e. The first-order chi connectivity index (χ1) is 14.2. The number of halogens is 3. The van der Waals surface area contributed by atoms with E-state index in [0.717, 1.165) is 28.3 Å². The fraction of sp³-hybridized carbons (Fsp3) is 0.250. The molecule has 0 aliphatic heterocycles. The van der Waals surface area contributed by atoms with E-state index in [1.807, 2.05) is 45.0 Å². The van der Waals surface area contributed by atoms with Crippen LogP contribution in [-0.2, 0) is 19.1 Å². The highest BCUT2D eigenvalue weighted by Crippen LogP contribution is 2.34. The summed E-state index contributed by atoms with van der Waals surface area (Å²) in [4.78, 5) is 13.0. The number of nitrogens with zero attached hydrogens (tertiary/aromatic N) is 2. The number of pyridine rings is 1. The Bertz CT molecular complexity index is 1200. The van der Waals surface area contributed by atoms with Crippen LogP contribution in [0, 0.1) is 25.2 Å². The molecule has 0 aliphatic rings. The van der Waals surface area contributed by atoms with Gasteiger partial charge in [0, 0.05) is 0 Å². The summed E-state index contributed by atoms with van der Waals surface area (Å²) < 4.78 is 42.1. The molecule has 3 rings (SSSR count). The summed E-state index contributed by atoms with van der Waals surface area (Å²) >= 11 is 0. The quantitative estimate of drug-likeness (QED) is 0.559. The molecular weight excluding hydrogens is 389 g/mol. The first-order valence-corrected chi connectivity index (χ1v) is 9.56. The second-order valence-corrected chi connectivity index (χ2v) is 7.30. The monoisotopic (exact) mass is 410 g/mol. The Labute approximate surface area is 173 Å². The van der Waals surface area contributed by atoms with Gasteiger partial charge in [0.2, 0.25) is 0 Å². The van der Waals surface area contributed by atoms with Gasteiger partial charge in [0.1, 0.15) is 11.6 Å². The highest BCUT2D eigenvalue weighted by atomic mass is 19.4. The molecule has 0 bridgehead atoms. The van der Waals surface area contributed by atoms with E-state index < -0.39 is 22.9 Å². The molecule has 3 aromatic rings. The Kier molecular flexibility index (Phi) is 5.84. The third-order valence-electron chi connectivity index (χ3n) is 5.17. The fourth-order valence-corrected chi connectivity index (χ4v) is 3.52. The Morgan fingerprint density at radius 2 is 1.80 bits per heavy atom. The van der Waals surface area contributed by atoms with Crippen molar-refractivity contribution >= 4 is 0 Å². The predicted octanol–water partition coefficient (Wildman–Crippen LogP) is 5.63. The van der Waals surface area contributed by atoms with E-state index in [1.54, 1.807) is 18.2 Å². The van der Waals surface area contributed by atoms with Gasteiger partial charge in [-0.1, -0.05) is 48.9 Å². The normalized spacial score (nSPS) is 11.4. The molecule has 0 amide bonds. The third-order valence-corrected chi connectivity index (χ3v) is 5.17. The Morgan fingerprint density at radius 3 is 2.40 bits per heavy atom. The topological polar surface area (TPSA) is 45.8 Å². The van der Waals surface area contributed by atoms with E-state index in [2.05, 4.69) is 0 Å². The number of hydrogen-bond donors (Lipinski definition) is 0. The molecule has 2 aromatic carbocycles. The van der Waals surface area contributed by atoms with Crippen LogP contribution in [0.4, 0.5) is 13.2 Å². The molecule has 0 saturated carbocycles. The maximum atomic E-state index is 13.6. The molecule has 0 N–H and O–H groups in total. The van der Waals surface area contributed by atoms with Crippen LogP contribution in [-0.4, -0.2) is 4.57 Å². The lowest BCUT2D eigenvalue weighted by Gasteiger charge is -2.19. The molecule has 0 radical (unpaired) electrons. The summed E-state index contributed by atoms with van der Waals surface area (Å²) in [6.07, 6.45) is -4.10. The van der Waals surface area contributed by atoms with Gasteiger partial charge in [-0.05, 0) is 54.7 Å². The van der Waals surface area contributed by atoms with Crippen LogP contribution in [0.2, 0.25) is 0 Å². The molecule has 1 aromatic heterocycles. The molecule has 6 heteroatoms. The number of hydrogen-bond acceptors (Lipinski definition) is 2. The van der Waals surface area contributed by atoms with Crippen LogP contribution in [0.25, 0.3) is 11.3 Å². The van der Waals surface area contributed by atoms with Gasteiger partial charge in [-0.2, -0.15) is 18.4 Å². The van der Waals surface area contributed by atoms with Crippen LogP contribution in [0.5, 0.6) is 0 Å². The zero-order valence-corrected chi connectivity index (χ0v) is 17.0. The van der Waals surface area contributed by atoms with Gasteiger partial charge in [0.15, 0.2) is 0 Å². The number of rotatable bonds is 4. The maximum absolute atomic E-state index is 13.6. The average molecular weight is 410 g/mol. The third kappa shape index (κ3) is 4.16. The van der Waals surface area contributed by atoms with Crippen LogP contribution in [0.3, 0.4) is 0 Å². The molecule has 0 fully saturated rings. The van der Waals surface area contributed by atoms with Gasteiger partial charge in [-0.3, -0.25) is 4.79 Å². The number of aromatic nitrogens is 1. The smallest absolute Gasteiger partial charge is 0.303 e. The van der Waals surface area contributed by atoms with Crippen LogP contribution < -0.4 is 5.56 Å².